The molecule has 1 atom stereocenters. The maximum Gasteiger partial charge on any atom is 0.224 e. The number of carbonyl (C=O) groups is 2. The first kappa shape index (κ1) is 19.4. The van der Waals surface area contributed by atoms with Crippen molar-refractivity contribution in [2.24, 2.45) is 5.92 Å². The molecule has 1 unspecified atom stereocenters. The third kappa shape index (κ3) is 6.12. The zero-order chi connectivity index (χ0) is 18.2. The Balaban J connectivity index is 1.81. The quantitative estimate of drug-likeness (QED) is 0.733. The molecule has 0 aliphatic carbocycles. The number of carbonyl (C=O) groups excluding carboxylic acids is 2. The van der Waals surface area contributed by atoms with Crippen LogP contribution in [-0.4, -0.2) is 42.5 Å². The number of hydrogen-bond donors (Lipinski definition) is 1. The molecule has 138 valence electrons. The highest BCUT2D eigenvalue weighted by molar-refractivity contribution is 5.83. The summed E-state index contributed by atoms with van der Waals surface area (Å²) in [5.41, 5.74) is 0.475. The Morgan fingerprint density at radius 3 is 2.88 bits per heavy atom. The van der Waals surface area contributed by atoms with Gasteiger partial charge in [0.1, 0.15) is 5.82 Å². The molecule has 1 saturated heterocycles. The van der Waals surface area contributed by atoms with Crippen LogP contribution in [0, 0.1) is 11.7 Å². The fourth-order valence-corrected chi connectivity index (χ4v) is 2.86. The van der Waals surface area contributed by atoms with Crippen molar-refractivity contribution < 1.29 is 18.7 Å². The Morgan fingerprint density at radius 1 is 1.40 bits per heavy atom. The predicted octanol–water partition coefficient (Wildman–Crippen LogP) is 2.50. The number of ether oxygens (including phenoxy) is 1. The Hall–Kier alpha value is -1.95. The lowest BCUT2D eigenvalue weighted by molar-refractivity contribution is -0.138. The summed E-state index contributed by atoms with van der Waals surface area (Å²) in [5.74, 6) is -0.643. The number of halogens is 1. The van der Waals surface area contributed by atoms with Gasteiger partial charge in [-0.2, -0.15) is 0 Å². The Kier molecular flexibility index (Phi) is 7.37. The van der Waals surface area contributed by atoms with Crippen molar-refractivity contribution in [1.29, 1.82) is 0 Å². The molecule has 0 spiro atoms. The van der Waals surface area contributed by atoms with Crippen LogP contribution in [0.15, 0.2) is 24.3 Å². The summed E-state index contributed by atoms with van der Waals surface area (Å²) in [4.78, 5) is 26.0. The molecule has 5 nitrogen and oxygen atoms in total. The van der Waals surface area contributed by atoms with E-state index in [4.69, 9.17) is 4.74 Å². The monoisotopic (exact) mass is 350 g/mol. The van der Waals surface area contributed by atoms with Crippen LogP contribution in [0.3, 0.4) is 0 Å². The van der Waals surface area contributed by atoms with Crippen LogP contribution in [0.1, 0.15) is 38.7 Å². The lowest BCUT2D eigenvalue weighted by atomic mass is 9.96. The molecule has 1 aliphatic heterocycles. The first-order valence-electron chi connectivity index (χ1n) is 8.88. The first-order chi connectivity index (χ1) is 12.0. The molecule has 0 radical (unpaired) electrons. The van der Waals surface area contributed by atoms with Crippen LogP contribution in [0.5, 0.6) is 0 Å². The van der Waals surface area contributed by atoms with Crippen LogP contribution >= 0.6 is 0 Å². The van der Waals surface area contributed by atoms with E-state index in [0.717, 1.165) is 6.42 Å². The molecule has 2 amide bonds. The van der Waals surface area contributed by atoms with E-state index < -0.39 is 0 Å². The molecule has 1 aliphatic rings. The highest BCUT2D eigenvalue weighted by Gasteiger charge is 2.30. The largest absolute Gasteiger partial charge is 0.379 e. The number of nitrogens with zero attached hydrogens (tertiary/aromatic N) is 1. The van der Waals surface area contributed by atoms with E-state index in [1.807, 2.05) is 13.8 Å². The van der Waals surface area contributed by atoms with Gasteiger partial charge in [-0.1, -0.05) is 18.2 Å². The maximum atomic E-state index is 13.8. The first-order valence-corrected chi connectivity index (χ1v) is 8.88. The van der Waals surface area contributed by atoms with E-state index in [1.54, 1.807) is 23.1 Å². The maximum absolute atomic E-state index is 13.8. The number of benzene rings is 1. The van der Waals surface area contributed by atoms with E-state index in [1.165, 1.54) is 6.07 Å². The summed E-state index contributed by atoms with van der Waals surface area (Å²) >= 11 is 0. The summed E-state index contributed by atoms with van der Waals surface area (Å²) in [7, 11) is 0. The predicted molar refractivity (Wildman–Crippen MR) is 93.3 cm³/mol. The minimum absolute atomic E-state index is 0.0300. The number of amides is 2. The van der Waals surface area contributed by atoms with E-state index >= 15 is 0 Å². The topological polar surface area (TPSA) is 58.6 Å². The molecule has 1 aromatic rings. The van der Waals surface area contributed by atoms with E-state index in [9.17, 15) is 14.0 Å². The van der Waals surface area contributed by atoms with Gasteiger partial charge in [-0.25, -0.2) is 4.39 Å². The molecule has 0 bridgehead atoms. The van der Waals surface area contributed by atoms with Crippen LogP contribution in [0.2, 0.25) is 0 Å². The number of hydrogen-bond acceptors (Lipinski definition) is 3. The summed E-state index contributed by atoms with van der Waals surface area (Å²) in [6.07, 6.45) is 1.81. The second kappa shape index (κ2) is 9.51. The summed E-state index contributed by atoms with van der Waals surface area (Å²) in [6, 6.07) is 6.42. The molecule has 6 heteroatoms. The van der Waals surface area contributed by atoms with Crippen LogP contribution in [0.4, 0.5) is 4.39 Å². The van der Waals surface area contributed by atoms with Gasteiger partial charge in [-0.15, -0.1) is 0 Å². The Labute approximate surface area is 148 Å². The van der Waals surface area contributed by atoms with Crippen LogP contribution in [0.25, 0.3) is 0 Å². The van der Waals surface area contributed by atoms with Gasteiger partial charge in [-0.3, -0.25) is 9.59 Å². The molecule has 1 heterocycles. The zero-order valence-electron chi connectivity index (χ0n) is 15.0. The molecule has 0 aromatic heterocycles. The van der Waals surface area contributed by atoms with E-state index in [2.05, 4.69) is 5.32 Å². The number of piperidine rings is 1. The Morgan fingerprint density at radius 2 is 2.16 bits per heavy atom. The van der Waals surface area contributed by atoms with Gasteiger partial charge in [0.05, 0.1) is 12.0 Å². The number of rotatable bonds is 8. The molecule has 1 N–H and O–H groups in total. The summed E-state index contributed by atoms with van der Waals surface area (Å²) < 4.78 is 19.2. The zero-order valence-corrected chi connectivity index (χ0v) is 15.0. The second-order valence-corrected chi connectivity index (χ2v) is 6.67. The average Bonchev–Trinajstić information content (AvgIpc) is 2.58. The van der Waals surface area contributed by atoms with Gasteiger partial charge in [-0.05, 0) is 32.8 Å². The van der Waals surface area contributed by atoms with Gasteiger partial charge in [0.2, 0.25) is 11.8 Å². The molecular weight excluding hydrogens is 323 g/mol. The summed E-state index contributed by atoms with van der Waals surface area (Å²) in [5, 5.41) is 2.91. The van der Waals surface area contributed by atoms with Crippen molar-refractivity contribution in [2.75, 3.05) is 19.7 Å². The molecule has 1 fully saturated rings. The summed E-state index contributed by atoms with van der Waals surface area (Å²) in [6.45, 7) is 5.66. The number of nitrogens with one attached hydrogen (secondary N) is 1. The standard InChI is InChI=1S/C19H27FN2O3/c1-14(2)25-11-5-10-21-19(24)16-8-9-18(23)22(13-16)12-15-6-3-4-7-17(15)20/h3-4,6-7,14,16H,5,8-13H2,1-2H3,(H,21,24). The van der Waals surface area contributed by atoms with Crippen LogP contribution in [-0.2, 0) is 20.9 Å². The SMILES string of the molecule is CC(C)OCCCNC(=O)C1CCC(=O)N(Cc2ccccc2F)C1. The number of likely N-dealkylation sites (tertiary alicyclic amines) is 1. The normalized spacial score (nSPS) is 17.8. The lowest BCUT2D eigenvalue weighted by Gasteiger charge is -2.32. The van der Waals surface area contributed by atoms with Crippen molar-refractivity contribution in [3.05, 3.63) is 35.6 Å². The third-order valence-electron chi connectivity index (χ3n) is 4.26. The van der Waals surface area contributed by atoms with E-state index in [0.29, 0.717) is 38.1 Å². The van der Waals surface area contributed by atoms with E-state index in [-0.39, 0.29) is 36.2 Å². The van der Waals surface area contributed by atoms with Gasteiger partial charge in [0, 0.05) is 38.2 Å². The van der Waals surface area contributed by atoms with Gasteiger partial charge in [0.25, 0.3) is 0 Å². The van der Waals surface area contributed by atoms with Gasteiger partial charge >= 0.3 is 0 Å². The minimum Gasteiger partial charge on any atom is -0.379 e. The van der Waals surface area contributed by atoms with Gasteiger partial charge in [0.15, 0.2) is 0 Å². The third-order valence-corrected chi connectivity index (χ3v) is 4.26. The van der Waals surface area contributed by atoms with Crippen molar-refractivity contribution in [1.82, 2.24) is 10.2 Å². The average molecular weight is 350 g/mol. The fourth-order valence-electron chi connectivity index (χ4n) is 2.86. The van der Waals surface area contributed by atoms with Gasteiger partial charge < -0.3 is 15.0 Å². The van der Waals surface area contributed by atoms with Crippen molar-refractivity contribution in [2.45, 2.75) is 45.8 Å². The Bertz CT molecular complexity index is 592. The van der Waals surface area contributed by atoms with Crippen molar-refractivity contribution in [3.63, 3.8) is 0 Å². The van der Waals surface area contributed by atoms with Crippen molar-refractivity contribution in [3.8, 4) is 0 Å². The molecule has 1 aromatic carbocycles. The minimum atomic E-state index is -0.327. The molecule has 2 rings (SSSR count). The molecular formula is C19H27FN2O3. The highest BCUT2D eigenvalue weighted by atomic mass is 19.1. The van der Waals surface area contributed by atoms with Crippen molar-refractivity contribution >= 4 is 11.8 Å². The highest BCUT2D eigenvalue weighted by Crippen LogP contribution is 2.21. The lowest BCUT2D eigenvalue weighted by Crippen LogP contribution is -2.45. The fraction of sp³-hybridized carbons (Fsp3) is 0.579. The smallest absolute Gasteiger partial charge is 0.224 e. The molecule has 0 saturated carbocycles. The van der Waals surface area contributed by atoms with Crippen LogP contribution < -0.4 is 5.32 Å². The second-order valence-electron chi connectivity index (χ2n) is 6.67. The molecule has 25 heavy (non-hydrogen) atoms.